The van der Waals surface area contributed by atoms with E-state index < -0.39 is 0 Å². The molecule has 1 aromatic rings. The van der Waals surface area contributed by atoms with Gasteiger partial charge in [0.05, 0.1) is 0 Å². The number of carbonyl (C=O) groups excluding carboxylic acids is 1. The third kappa shape index (κ3) is 10.6. The van der Waals surface area contributed by atoms with Gasteiger partial charge in [0.1, 0.15) is 0 Å². The Balaban J connectivity index is 0.00000312. The fourth-order valence-electron chi connectivity index (χ4n) is 3.11. The van der Waals surface area contributed by atoms with Gasteiger partial charge in [0, 0.05) is 36.3 Å². The second kappa shape index (κ2) is 15.5. The van der Waals surface area contributed by atoms with Crippen molar-refractivity contribution in [3.05, 3.63) is 34.9 Å². The molecular formula is C19H32Cl3N3O. The molecule has 0 aliphatic heterocycles. The van der Waals surface area contributed by atoms with Gasteiger partial charge in [-0.3, -0.25) is 4.79 Å². The van der Waals surface area contributed by atoms with Crippen LogP contribution in [0.1, 0.15) is 55.3 Å². The molecule has 150 valence electrons. The average molecular weight is 425 g/mol. The summed E-state index contributed by atoms with van der Waals surface area (Å²) in [5.74, 6) is -0.0536. The molecule has 2 rings (SSSR count). The number of benzene rings is 1. The third-order valence-electron chi connectivity index (χ3n) is 4.49. The summed E-state index contributed by atoms with van der Waals surface area (Å²) in [6.07, 6.45) is 8.90. The normalized spacial score (nSPS) is 14.2. The van der Waals surface area contributed by atoms with Gasteiger partial charge in [0.15, 0.2) is 0 Å². The Labute approximate surface area is 175 Å². The first-order valence-corrected chi connectivity index (χ1v) is 9.61. The molecule has 0 spiro atoms. The number of nitrogens with one attached hydrogen (secondary N) is 3. The maximum atomic E-state index is 11.9. The summed E-state index contributed by atoms with van der Waals surface area (Å²) in [7, 11) is 0. The Morgan fingerprint density at radius 1 is 1.00 bits per heavy atom. The summed E-state index contributed by atoms with van der Waals surface area (Å²) in [4.78, 5) is 11.9. The lowest BCUT2D eigenvalue weighted by Gasteiger charge is -2.22. The van der Waals surface area contributed by atoms with E-state index in [1.807, 2.05) is 0 Å². The van der Waals surface area contributed by atoms with Crippen LogP contribution in [-0.4, -0.2) is 38.1 Å². The summed E-state index contributed by atoms with van der Waals surface area (Å²) in [5, 5.41) is 10.6. The highest BCUT2D eigenvalue weighted by Crippen LogP contribution is 2.16. The van der Waals surface area contributed by atoms with Gasteiger partial charge >= 0.3 is 0 Å². The molecule has 1 aromatic carbocycles. The summed E-state index contributed by atoms with van der Waals surface area (Å²) >= 11 is 5.89. The second-order valence-electron chi connectivity index (χ2n) is 6.51. The van der Waals surface area contributed by atoms with E-state index in [0.29, 0.717) is 17.1 Å². The van der Waals surface area contributed by atoms with Crippen LogP contribution in [0.2, 0.25) is 5.02 Å². The van der Waals surface area contributed by atoms with Crippen molar-refractivity contribution in [2.24, 2.45) is 0 Å². The highest BCUT2D eigenvalue weighted by Gasteiger charge is 2.11. The fourth-order valence-corrected chi connectivity index (χ4v) is 3.30. The average Bonchev–Trinajstić information content (AvgIpc) is 2.61. The molecule has 26 heavy (non-hydrogen) atoms. The zero-order chi connectivity index (χ0) is 17.0. The SMILES string of the molecule is Cl.Cl.O=C(NCCCCNCCNC1CCCCC1)c1cccc(Cl)c1. The van der Waals surface area contributed by atoms with E-state index in [-0.39, 0.29) is 30.7 Å². The molecule has 1 amide bonds. The zero-order valence-electron chi connectivity index (χ0n) is 15.3. The fraction of sp³-hybridized carbons (Fsp3) is 0.632. The molecular weight excluding hydrogens is 393 g/mol. The Bertz CT molecular complexity index is 497. The minimum absolute atomic E-state index is 0. The summed E-state index contributed by atoms with van der Waals surface area (Å²) in [6.45, 7) is 3.77. The van der Waals surface area contributed by atoms with Crippen molar-refractivity contribution >= 4 is 42.3 Å². The van der Waals surface area contributed by atoms with Crippen molar-refractivity contribution in [1.29, 1.82) is 0 Å². The van der Waals surface area contributed by atoms with E-state index >= 15 is 0 Å². The van der Waals surface area contributed by atoms with Crippen molar-refractivity contribution in [1.82, 2.24) is 16.0 Å². The topological polar surface area (TPSA) is 53.2 Å². The van der Waals surface area contributed by atoms with E-state index in [1.165, 1.54) is 32.1 Å². The molecule has 1 aliphatic rings. The Morgan fingerprint density at radius 3 is 2.46 bits per heavy atom. The zero-order valence-corrected chi connectivity index (χ0v) is 17.7. The van der Waals surface area contributed by atoms with Gasteiger partial charge in [0.2, 0.25) is 0 Å². The summed E-state index contributed by atoms with van der Waals surface area (Å²) in [5.41, 5.74) is 0.620. The molecule has 0 atom stereocenters. The smallest absolute Gasteiger partial charge is 0.251 e. The van der Waals surface area contributed by atoms with Crippen molar-refractivity contribution < 1.29 is 4.79 Å². The van der Waals surface area contributed by atoms with Gasteiger partial charge in [-0.05, 0) is 50.4 Å². The van der Waals surface area contributed by atoms with Gasteiger partial charge in [-0.25, -0.2) is 0 Å². The van der Waals surface area contributed by atoms with E-state index in [4.69, 9.17) is 11.6 Å². The second-order valence-corrected chi connectivity index (χ2v) is 6.95. The number of unbranched alkanes of at least 4 members (excludes halogenated alkanes) is 1. The van der Waals surface area contributed by atoms with Gasteiger partial charge in [-0.1, -0.05) is 36.9 Å². The highest BCUT2D eigenvalue weighted by molar-refractivity contribution is 6.30. The molecule has 0 unspecified atom stereocenters. The molecule has 1 fully saturated rings. The van der Waals surface area contributed by atoms with Crippen LogP contribution in [0, 0.1) is 0 Å². The number of hydrogen-bond acceptors (Lipinski definition) is 3. The molecule has 0 saturated heterocycles. The Kier molecular flexibility index (Phi) is 15.2. The molecule has 0 aromatic heterocycles. The van der Waals surface area contributed by atoms with Crippen LogP contribution in [-0.2, 0) is 0 Å². The van der Waals surface area contributed by atoms with Gasteiger partial charge in [-0.2, -0.15) is 0 Å². The highest BCUT2D eigenvalue weighted by atomic mass is 35.5. The van der Waals surface area contributed by atoms with Crippen LogP contribution in [0.15, 0.2) is 24.3 Å². The molecule has 4 nitrogen and oxygen atoms in total. The quantitative estimate of drug-likeness (QED) is 0.493. The van der Waals surface area contributed by atoms with Crippen molar-refractivity contribution in [2.45, 2.75) is 51.0 Å². The van der Waals surface area contributed by atoms with Gasteiger partial charge < -0.3 is 16.0 Å². The first-order chi connectivity index (χ1) is 11.8. The maximum Gasteiger partial charge on any atom is 0.251 e. The number of amides is 1. The van der Waals surface area contributed by atoms with Crippen LogP contribution < -0.4 is 16.0 Å². The number of hydrogen-bond donors (Lipinski definition) is 3. The molecule has 1 aliphatic carbocycles. The maximum absolute atomic E-state index is 11.9. The largest absolute Gasteiger partial charge is 0.352 e. The number of rotatable bonds is 10. The lowest BCUT2D eigenvalue weighted by atomic mass is 9.95. The predicted molar refractivity (Wildman–Crippen MR) is 115 cm³/mol. The van der Waals surface area contributed by atoms with E-state index in [2.05, 4.69) is 16.0 Å². The van der Waals surface area contributed by atoms with E-state index in [9.17, 15) is 4.79 Å². The monoisotopic (exact) mass is 423 g/mol. The Hall–Kier alpha value is -0.520. The molecule has 3 N–H and O–H groups in total. The standard InChI is InChI=1S/C19H30ClN3O.2ClH/c20-17-8-6-7-16(15-17)19(24)23-12-5-4-11-21-13-14-22-18-9-2-1-3-10-18;;/h6-8,15,18,21-22H,1-5,9-14H2,(H,23,24);2*1H. The van der Waals surface area contributed by atoms with Gasteiger partial charge in [0.25, 0.3) is 5.91 Å². The number of halogens is 3. The molecule has 0 bridgehead atoms. The molecule has 7 heteroatoms. The van der Waals surface area contributed by atoms with Crippen LogP contribution in [0.25, 0.3) is 0 Å². The van der Waals surface area contributed by atoms with Crippen molar-refractivity contribution in [3.63, 3.8) is 0 Å². The molecule has 1 saturated carbocycles. The van der Waals surface area contributed by atoms with E-state index in [0.717, 1.165) is 38.5 Å². The minimum atomic E-state index is -0.0536. The van der Waals surface area contributed by atoms with E-state index in [1.54, 1.807) is 24.3 Å². The lowest BCUT2D eigenvalue weighted by Crippen LogP contribution is -2.36. The van der Waals surface area contributed by atoms with Crippen LogP contribution in [0.4, 0.5) is 0 Å². The molecule has 0 heterocycles. The van der Waals surface area contributed by atoms with Crippen molar-refractivity contribution in [2.75, 3.05) is 26.2 Å². The first-order valence-electron chi connectivity index (χ1n) is 9.23. The Morgan fingerprint density at radius 2 is 1.73 bits per heavy atom. The minimum Gasteiger partial charge on any atom is -0.352 e. The lowest BCUT2D eigenvalue weighted by molar-refractivity contribution is 0.0953. The molecule has 0 radical (unpaired) electrons. The summed E-state index contributed by atoms with van der Waals surface area (Å²) in [6, 6.07) is 7.78. The predicted octanol–water partition coefficient (Wildman–Crippen LogP) is 4.21. The van der Waals surface area contributed by atoms with Crippen molar-refractivity contribution in [3.8, 4) is 0 Å². The van der Waals surface area contributed by atoms with Crippen LogP contribution in [0.5, 0.6) is 0 Å². The number of carbonyl (C=O) groups is 1. The third-order valence-corrected chi connectivity index (χ3v) is 4.73. The first kappa shape index (κ1) is 25.5. The summed E-state index contributed by atoms with van der Waals surface area (Å²) < 4.78 is 0. The van der Waals surface area contributed by atoms with Gasteiger partial charge in [-0.15, -0.1) is 24.8 Å². The van der Waals surface area contributed by atoms with Crippen LogP contribution in [0.3, 0.4) is 0 Å². The van der Waals surface area contributed by atoms with Crippen LogP contribution >= 0.6 is 36.4 Å².